The highest BCUT2D eigenvalue weighted by atomic mass is 32.2. The van der Waals surface area contributed by atoms with Crippen molar-refractivity contribution in [3.63, 3.8) is 0 Å². The van der Waals surface area contributed by atoms with Gasteiger partial charge in [-0.15, -0.1) is 0 Å². The molecule has 0 atom stereocenters. The number of aromatic nitrogens is 5. The summed E-state index contributed by atoms with van der Waals surface area (Å²) in [6.07, 6.45) is 5.84. The Bertz CT molecular complexity index is 1130. The maximum Gasteiger partial charge on any atom is 0.178 e. The Balaban J connectivity index is 1.69. The van der Waals surface area contributed by atoms with Crippen LogP contribution < -0.4 is 4.74 Å². The molecule has 0 spiro atoms. The predicted octanol–water partition coefficient (Wildman–Crippen LogP) is 2.62. The van der Waals surface area contributed by atoms with E-state index in [9.17, 15) is 4.21 Å². The van der Waals surface area contributed by atoms with Crippen LogP contribution in [0.3, 0.4) is 0 Å². The highest BCUT2D eigenvalue weighted by Crippen LogP contribution is 2.31. The van der Waals surface area contributed by atoms with Gasteiger partial charge >= 0.3 is 0 Å². The van der Waals surface area contributed by atoms with Crippen LogP contribution >= 0.6 is 0 Å². The SMILES string of the molecule is COCCCOc1ccnc([SH](C)(=O)c2nc3cc4[nH]ncc4cc3[nH]2)c1C. The molecule has 0 radical (unpaired) electrons. The van der Waals surface area contributed by atoms with E-state index in [1.165, 1.54) is 0 Å². The lowest BCUT2D eigenvalue weighted by Crippen LogP contribution is -2.16. The molecule has 1 aromatic carbocycles. The number of H-pyrrole nitrogens is 2. The predicted molar refractivity (Wildman–Crippen MR) is 109 cm³/mol. The molecule has 2 N–H and O–H groups in total. The number of rotatable bonds is 7. The minimum atomic E-state index is -3.04. The minimum absolute atomic E-state index is 0.426. The van der Waals surface area contributed by atoms with Gasteiger partial charge in [-0.1, -0.05) is 0 Å². The van der Waals surface area contributed by atoms with Crippen LogP contribution in [0.4, 0.5) is 0 Å². The van der Waals surface area contributed by atoms with Crippen molar-refractivity contribution in [2.75, 3.05) is 26.6 Å². The third kappa shape index (κ3) is 3.27. The topological polar surface area (TPSA) is 106 Å². The number of methoxy groups -OCH3 is 1. The molecule has 0 unspecified atom stereocenters. The third-order valence-corrected chi connectivity index (χ3v) is 7.00. The summed E-state index contributed by atoms with van der Waals surface area (Å²) in [6.45, 7) is 3.03. The lowest BCUT2D eigenvalue weighted by molar-refractivity contribution is 0.171. The van der Waals surface area contributed by atoms with Crippen LogP contribution in [0.25, 0.3) is 21.9 Å². The first-order chi connectivity index (χ1) is 13.5. The van der Waals surface area contributed by atoms with Crippen LogP contribution in [0.1, 0.15) is 12.0 Å². The number of aromatic amines is 2. The number of hydrogen-bond acceptors (Lipinski definition) is 6. The molecule has 4 aromatic rings. The highest BCUT2D eigenvalue weighted by Gasteiger charge is 2.24. The van der Waals surface area contributed by atoms with Gasteiger partial charge in [-0.05, 0) is 35.1 Å². The molecule has 0 aliphatic heterocycles. The summed E-state index contributed by atoms with van der Waals surface area (Å²) in [7, 11) is -1.38. The molecule has 0 fully saturated rings. The van der Waals surface area contributed by atoms with Gasteiger partial charge in [-0.25, -0.2) is 9.97 Å². The summed E-state index contributed by atoms with van der Waals surface area (Å²) in [4.78, 5) is 12.2. The lowest BCUT2D eigenvalue weighted by atomic mass is 10.2. The van der Waals surface area contributed by atoms with Gasteiger partial charge in [0.2, 0.25) is 0 Å². The zero-order valence-electron chi connectivity index (χ0n) is 16.0. The molecule has 3 heterocycles. The fraction of sp³-hybridized carbons (Fsp3) is 0.316. The Morgan fingerprint density at radius 3 is 2.89 bits per heavy atom. The van der Waals surface area contributed by atoms with E-state index in [-0.39, 0.29) is 0 Å². The van der Waals surface area contributed by atoms with Crippen molar-refractivity contribution in [2.24, 2.45) is 0 Å². The van der Waals surface area contributed by atoms with E-state index in [0.717, 1.165) is 33.9 Å². The number of thiol groups is 1. The molecule has 4 rings (SSSR count). The average Bonchev–Trinajstić information content (AvgIpc) is 3.30. The summed E-state index contributed by atoms with van der Waals surface area (Å²) in [5, 5.41) is 8.85. The number of pyridine rings is 1. The van der Waals surface area contributed by atoms with Crippen molar-refractivity contribution in [1.29, 1.82) is 0 Å². The number of hydrogen-bond donors (Lipinski definition) is 3. The molecule has 0 bridgehead atoms. The largest absolute Gasteiger partial charge is 0.493 e. The van der Waals surface area contributed by atoms with E-state index in [1.54, 1.807) is 31.8 Å². The van der Waals surface area contributed by atoms with Crippen molar-refractivity contribution < 1.29 is 13.7 Å². The molecule has 0 aliphatic carbocycles. The molecule has 9 heteroatoms. The second kappa shape index (κ2) is 7.33. The number of nitrogens with zero attached hydrogens (tertiary/aromatic N) is 3. The van der Waals surface area contributed by atoms with Crippen molar-refractivity contribution in [1.82, 2.24) is 25.1 Å². The van der Waals surface area contributed by atoms with E-state index < -0.39 is 9.93 Å². The second-order valence-corrected chi connectivity index (χ2v) is 9.46. The fourth-order valence-corrected chi connectivity index (χ4v) is 5.09. The summed E-state index contributed by atoms with van der Waals surface area (Å²) >= 11 is 0. The number of benzene rings is 1. The van der Waals surface area contributed by atoms with E-state index >= 15 is 0 Å². The molecule has 148 valence electrons. The molecule has 3 aromatic heterocycles. The number of fused-ring (bicyclic) bond motifs is 2. The maximum absolute atomic E-state index is 13.7. The van der Waals surface area contributed by atoms with Gasteiger partial charge in [0.25, 0.3) is 0 Å². The van der Waals surface area contributed by atoms with Crippen LogP contribution in [0, 0.1) is 6.92 Å². The molecular weight excluding hydrogens is 378 g/mol. The fourth-order valence-electron chi connectivity index (χ4n) is 3.22. The van der Waals surface area contributed by atoms with Crippen LogP contribution in [0.15, 0.2) is 40.8 Å². The summed E-state index contributed by atoms with van der Waals surface area (Å²) in [6, 6.07) is 5.63. The van der Waals surface area contributed by atoms with Crippen LogP contribution in [0.2, 0.25) is 0 Å². The standard InChI is InChI=1S/C19H23N5O3S/c1-12-17(27-8-4-7-26-2)5-6-20-18(12)28(3,25)19-22-15-9-13-11-21-24-14(13)10-16(15)23-19/h5-6,9-11,28H,4,7-8H2,1-3H3,(H,21,24)(H,22,23). The summed E-state index contributed by atoms with van der Waals surface area (Å²) in [5.74, 6) is 0.679. The van der Waals surface area contributed by atoms with Crippen molar-refractivity contribution in [3.05, 3.63) is 36.2 Å². The second-order valence-electron chi connectivity index (χ2n) is 6.76. The number of imidazole rings is 1. The maximum atomic E-state index is 13.7. The first-order valence-electron chi connectivity index (χ1n) is 8.99. The minimum Gasteiger partial charge on any atom is -0.493 e. The van der Waals surface area contributed by atoms with Crippen LogP contribution in [0.5, 0.6) is 5.75 Å². The first-order valence-corrected chi connectivity index (χ1v) is 11.1. The Labute approximate surface area is 163 Å². The van der Waals surface area contributed by atoms with Gasteiger partial charge in [0.15, 0.2) is 5.16 Å². The lowest BCUT2D eigenvalue weighted by Gasteiger charge is -2.19. The Morgan fingerprint density at radius 2 is 2.07 bits per heavy atom. The average molecular weight is 401 g/mol. The monoisotopic (exact) mass is 401 g/mol. The van der Waals surface area contributed by atoms with Crippen molar-refractivity contribution >= 4 is 31.9 Å². The van der Waals surface area contributed by atoms with Gasteiger partial charge in [-0.2, -0.15) is 5.10 Å². The molecular formula is C19H23N5O3S. The Morgan fingerprint density at radius 1 is 1.21 bits per heavy atom. The van der Waals surface area contributed by atoms with Gasteiger partial charge in [0.05, 0.1) is 29.4 Å². The quantitative estimate of drug-likeness (QED) is 0.325. The Kier molecular flexibility index (Phi) is 4.86. The first kappa shape index (κ1) is 18.6. The van der Waals surface area contributed by atoms with Crippen molar-refractivity contribution in [3.8, 4) is 5.75 Å². The van der Waals surface area contributed by atoms with Gasteiger partial charge in [0.1, 0.15) is 10.8 Å². The molecule has 0 amide bonds. The zero-order valence-corrected chi connectivity index (χ0v) is 16.9. The zero-order chi connectivity index (χ0) is 19.7. The van der Waals surface area contributed by atoms with Gasteiger partial charge < -0.3 is 14.5 Å². The number of nitrogens with one attached hydrogen (secondary N) is 2. The summed E-state index contributed by atoms with van der Waals surface area (Å²) < 4.78 is 24.6. The molecule has 0 saturated carbocycles. The normalized spacial score (nSPS) is 12.7. The van der Waals surface area contributed by atoms with Gasteiger partial charge in [0, 0.05) is 43.5 Å². The van der Waals surface area contributed by atoms with E-state index in [4.69, 9.17) is 9.47 Å². The van der Waals surface area contributed by atoms with Crippen molar-refractivity contribution in [2.45, 2.75) is 23.5 Å². The molecule has 0 aliphatic rings. The van der Waals surface area contributed by atoms with E-state index in [1.807, 2.05) is 19.1 Å². The van der Waals surface area contributed by atoms with Crippen LogP contribution in [-0.4, -0.2) is 55.9 Å². The van der Waals surface area contributed by atoms with E-state index in [2.05, 4.69) is 25.1 Å². The molecule has 28 heavy (non-hydrogen) atoms. The Hall–Kier alpha value is -2.78. The summed E-state index contributed by atoms with van der Waals surface area (Å²) in [5.41, 5.74) is 3.20. The van der Waals surface area contributed by atoms with Crippen LogP contribution in [-0.2, 0) is 14.7 Å². The molecule has 0 saturated heterocycles. The number of ether oxygens (including phenoxy) is 2. The molecule has 8 nitrogen and oxygen atoms in total. The van der Waals surface area contributed by atoms with Gasteiger partial charge in [-0.3, -0.25) is 9.31 Å². The third-order valence-electron chi connectivity index (χ3n) is 4.72. The smallest absolute Gasteiger partial charge is 0.178 e. The highest BCUT2D eigenvalue weighted by molar-refractivity contribution is 8.02. The van der Waals surface area contributed by atoms with E-state index in [0.29, 0.717) is 29.1 Å².